The molecule has 0 bridgehead atoms. The van der Waals surface area contributed by atoms with Crippen LogP contribution in [0.5, 0.6) is 5.75 Å². The Bertz CT molecular complexity index is 526. The first-order valence-corrected chi connectivity index (χ1v) is 7.70. The summed E-state index contributed by atoms with van der Waals surface area (Å²) >= 11 is 0. The fourth-order valence-electron chi connectivity index (χ4n) is 2.27. The minimum absolute atomic E-state index is 0.340. The molecule has 0 spiro atoms. The lowest BCUT2D eigenvalue weighted by Gasteiger charge is -2.27. The number of amides is 1. The summed E-state index contributed by atoms with van der Waals surface area (Å²) in [5.41, 5.74) is 6.61. The van der Waals surface area contributed by atoms with Crippen LogP contribution in [0.4, 0.5) is 4.79 Å². The molecule has 0 aliphatic heterocycles. The van der Waals surface area contributed by atoms with Crippen LogP contribution < -0.4 is 15.8 Å². The highest BCUT2D eigenvalue weighted by Gasteiger charge is 2.26. The quantitative estimate of drug-likeness (QED) is 0.746. The van der Waals surface area contributed by atoms with Crippen LogP contribution in [0.2, 0.25) is 0 Å². The number of aliphatic hydroxyl groups excluding tert-OH is 1. The van der Waals surface area contributed by atoms with Gasteiger partial charge < -0.3 is 25.6 Å². The molecule has 0 aliphatic rings. The second kappa shape index (κ2) is 8.17. The summed E-state index contributed by atoms with van der Waals surface area (Å²) in [7, 11) is 1.59. The Labute approximate surface area is 138 Å². The van der Waals surface area contributed by atoms with Crippen molar-refractivity contribution in [2.75, 3.05) is 13.7 Å². The van der Waals surface area contributed by atoms with Crippen molar-refractivity contribution >= 4 is 6.09 Å². The third kappa shape index (κ3) is 6.08. The number of benzene rings is 1. The van der Waals surface area contributed by atoms with Gasteiger partial charge in [-0.2, -0.15) is 0 Å². The molecule has 0 radical (unpaired) electrons. The summed E-state index contributed by atoms with van der Waals surface area (Å²) in [6.07, 6.45) is -1.01. The number of methoxy groups -OCH3 is 1. The van der Waals surface area contributed by atoms with Crippen LogP contribution in [0, 0.1) is 6.92 Å². The van der Waals surface area contributed by atoms with E-state index in [4.69, 9.17) is 15.2 Å². The number of nitrogens with one attached hydrogen (secondary N) is 1. The lowest BCUT2D eigenvalue weighted by Crippen LogP contribution is -2.43. The zero-order valence-electron chi connectivity index (χ0n) is 14.6. The number of rotatable bonds is 6. The van der Waals surface area contributed by atoms with E-state index in [-0.39, 0.29) is 0 Å². The normalized spacial score (nSPS) is 14.0. The predicted octanol–water partition coefficient (Wildman–Crippen LogP) is 2.28. The van der Waals surface area contributed by atoms with E-state index in [1.807, 2.05) is 13.0 Å². The summed E-state index contributed by atoms with van der Waals surface area (Å²) in [5, 5.41) is 13.3. The Kier molecular flexibility index (Phi) is 6.84. The molecule has 6 heteroatoms. The van der Waals surface area contributed by atoms with Gasteiger partial charge in [-0.05, 0) is 63.9 Å². The van der Waals surface area contributed by atoms with Crippen molar-refractivity contribution in [2.45, 2.75) is 51.9 Å². The minimum atomic E-state index is -0.878. The molecule has 2 atom stereocenters. The van der Waals surface area contributed by atoms with E-state index in [0.29, 0.717) is 18.7 Å². The maximum Gasteiger partial charge on any atom is 0.407 e. The van der Waals surface area contributed by atoms with Crippen LogP contribution in [0.15, 0.2) is 18.2 Å². The van der Waals surface area contributed by atoms with Gasteiger partial charge in [-0.25, -0.2) is 4.79 Å². The monoisotopic (exact) mass is 324 g/mol. The first kappa shape index (κ1) is 19.3. The lowest BCUT2D eigenvalue weighted by molar-refractivity contribution is 0.0415. The van der Waals surface area contributed by atoms with Gasteiger partial charge in [0.1, 0.15) is 11.4 Å². The van der Waals surface area contributed by atoms with Crippen molar-refractivity contribution in [1.29, 1.82) is 0 Å². The van der Waals surface area contributed by atoms with E-state index >= 15 is 0 Å². The molecule has 1 aromatic rings. The van der Waals surface area contributed by atoms with Gasteiger partial charge in [-0.15, -0.1) is 0 Å². The van der Waals surface area contributed by atoms with Crippen molar-refractivity contribution in [3.8, 4) is 5.75 Å². The van der Waals surface area contributed by atoms with Gasteiger partial charge in [0.25, 0.3) is 0 Å². The molecule has 1 aromatic carbocycles. The molecule has 0 fully saturated rings. The molecular formula is C17H28N2O4. The molecule has 0 saturated heterocycles. The average Bonchev–Trinajstić information content (AvgIpc) is 2.44. The van der Waals surface area contributed by atoms with Gasteiger partial charge in [0, 0.05) is 0 Å². The van der Waals surface area contributed by atoms with Crippen LogP contribution >= 0.6 is 0 Å². The average molecular weight is 324 g/mol. The molecule has 1 amide bonds. The Hall–Kier alpha value is -1.79. The van der Waals surface area contributed by atoms with Gasteiger partial charge in [0.15, 0.2) is 0 Å². The standard InChI is InChI=1S/C17H28N2O4/c1-11-10-12(22-5)6-7-13(11)15(20)14(8-9-18)19-16(21)23-17(2,3)4/h6-7,10,14-15,20H,8-9,18H2,1-5H3,(H,19,21). The fraction of sp³-hybridized carbons (Fsp3) is 0.588. The molecule has 0 aromatic heterocycles. The number of hydrogen-bond donors (Lipinski definition) is 3. The molecule has 0 aliphatic carbocycles. The van der Waals surface area contributed by atoms with Crippen LogP contribution in [-0.4, -0.2) is 36.5 Å². The summed E-state index contributed by atoms with van der Waals surface area (Å²) in [6, 6.07) is 4.88. The van der Waals surface area contributed by atoms with E-state index in [9.17, 15) is 9.90 Å². The molecule has 4 N–H and O–H groups in total. The highest BCUT2D eigenvalue weighted by Crippen LogP contribution is 2.26. The van der Waals surface area contributed by atoms with Crippen LogP contribution in [-0.2, 0) is 4.74 Å². The molecule has 6 nitrogen and oxygen atoms in total. The Morgan fingerprint density at radius 3 is 2.52 bits per heavy atom. The van der Waals surface area contributed by atoms with Crippen molar-refractivity contribution in [2.24, 2.45) is 5.73 Å². The third-order valence-electron chi connectivity index (χ3n) is 3.36. The number of aryl methyl sites for hydroxylation is 1. The van der Waals surface area contributed by atoms with Crippen LogP contribution in [0.1, 0.15) is 44.4 Å². The minimum Gasteiger partial charge on any atom is -0.497 e. The second-order valence-corrected chi connectivity index (χ2v) is 6.50. The smallest absolute Gasteiger partial charge is 0.407 e. The Balaban J connectivity index is 2.89. The van der Waals surface area contributed by atoms with Crippen molar-refractivity contribution in [3.63, 3.8) is 0 Å². The number of carbonyl (C=O) groups is 1. The van der Waals surface area contributed by atoms with Crippen molar-refractivity contribution < 1.29 is 19.4 Å². The largest absolute Gasteiger partial charge is 0.497 e. The number of hydrogen-bond acceptors (Lipinski definition) is 5. The van der Waals surface area contributed by atoms with Gasteiger partial charge in [0.05, 0.1) is 19.3 Å². The molecule has 0 heterocycles. The van der Waals surface area contributed by atoms with Crippen molar-refractivity contribution in [1.82, 2.24) is 5.32 Å². The SMILES string of the molecule is COc1ccc(C(O)C(CCN)NC(=O)OC(C)(C)C)c(C)c1. The van der Waals surface area contributed by atoms with Gasteiger partial charge in [-0.3, -0.25) is 0 Å². The summed E-state index contributed by atoms with van der Waals surface area (Å²) in [4.78, 5) is 12.0. The van der Waals surface area contributed by atoms with E-state index in [0.717, 1.165) is 11.1 Å². The Morgan fingerprint density at radius 2 is 2.04 bits per heavy atom. The lowest BCUT2D eigenvalue weighted by atomic mass is 9.96. The number of ether oxygens (including phenoxy) is 2. The zero-order valence-corrected chi connectivity index (χ0v) is 14.6. The van der Waals surface area contributed by atoms with Gasteiger partial charge in [-0.1, -0.05) is 6.07 Å². The number of nitrogens with two attached hydrogens (primary N) is 1. The first-order valence-electron chi connectivity index (χ1n) is 7.70. The highest BCUT2D eigenvalue weighted by molar-refractivity contribution is 5.68. The molecule has 1 rings (SSSR count). The van der Waals surface area contributed by atoms with Gasteiger partial charge >= 0.3 is 6.09 Å². The number of carbonyl (C=O) groups excluding carboxylic acids is 1. The molecule has 23 heavy (non-hydrogen) atoms. The van der Waals surface area contributed by atoms with Gasteiger partial charge in [0.2, 0.25) is 0 Å². The second-order valence-electron chi connectivity index (χ2n) is 6.50. The molecule has 2 unspecified atom stereocenters. The third-order valence-corrected chi connectivity index (χ3v) is 3.36. The molecular weight excluding hydrogens is 296 g/mol. The van der Waals surface area contributed by atoms with Crippen LogP contribution in [0.3, 0.4) is 0 Å². The predicted molar refractivity (Wildman–Crippen MR) is 89.5 cm³/mol. The van der Waals surface area contributed by atoms with E-state index < -0.39 is 23.8 Å². The fourth-order valence-corrected chi connectivity index (χ4v) is 2.27. The maximum atomic E-state index is 12.0. The first-order chi connectivity index (χ1) is 10.7. The summed E-state index contributed by atoms with van der Waals surface area (Å²) < 4.78 is 10.4. The van der Waals surface area contributed by atoms with Crippen molar-refractivity contribution in [3.05, 3.63) is 29.3 Å². The zero-order chi connectivity index (χ0) is 17.6. The molecule has 130 valence electrons. The topological polar surface area (TPSA) is 93.8 Å². The van der Waals surface area contributed by atoms with Crippen LogP contribution in [0.25, 0.3) is 0 Å². The van der Waals surface area contributed by atoms with E-state index in [1.54, 1.807) is 40.0 Å². The summed E-state index contributed by atoms with van der Waals surface area (Å²) in [5.74, 6) is 0.717. The highest BCUT2D eigenvalue weighted by atomic mass is 16.6. The van der Waals surface area contributed by atoms with E-state index in [2.05, 4.69) is 5.32 Å². The number of alkyl carbamates (subject to hydrolysis) is 1. The summed E-state index contributed by atoms with van der Waals surface area (Å²) in [6.45, 7) is 7.58. The Morgan fingerprint density at radius 1 is 1.39 bits per heavy atom. The molecule has 0 saturated carbocycles. The van der Waals surface area contributed by atoms with E-state index in [1.165, 1.54) is 0 Å². The number of aliphatic hydroxyl groups is 1. The maximum absolute atomic E-state index is 12.0.